The number of hydrogen-bond acceptors (Lipinski definition) is 7. The standard InChI is InChI=1S/C18H20N2O7S2/c1-11-6-12(2)18(27-28(3,23)24)14(7-11)8-13-4-5-15(16(21)9-13)20-10-17(22)19-29(20,25)26/h4-7,9,21H,8,10H2,1-3H3,(H,19,22). The maximum absolute atomic E-state index is 12.0. The van der Waals surface area contributed by atoms with Crippen LogP contribution in [-0.2, 0) is 31.5 Å². The number of phenolic OH excluding ortho intramolecular Hbond substituents is 1. The molecule has 0 aliphatic carbocycles. The van der Waals surface area contributed by atoms with Gasteiger partial charge in [0.15, 0.2) is 0 Å². The van der Waals surface area contributed by atoms with Crippen molar-refractivity contribution in [2.75, 3.05) is 17.1 Å². The Bertz CT molecular complexity index is 1200. The topological polar surface area (TPSA) is 130 Å². The molecular weight excluding hydrogens is 420 g/mol. The first-order valence-corrected chi connectivity index (χ1v) is 11.8. The summed E-state index contributed by atoms with van der Waals surface area (Å²) >= 11 is 0. The minimum absolute atomic E-state index is 0.0277. The number of benzene rings is 2. The van der Waals surface area contributed by atoms with Gasteiger partial charge in [0.25, 0.3) is 5.91 Å². The van der Waals surface area contributed by atoms with E-state index in [1.54, 1.807) is 25.1 Å². The van der Waals surface area contributed by atoms with Crippen LogP contribution in [0.1, 0.15) is 22.3 Å². The van der Waals surface area contributed by atoms with Gasteiger partial charge >= 0.3 is 20.3 Å². The quantitative estimate of drug-likeness (QED) is 0.666. The number of carbonyl (C=O) groups excluding carboxylic acids is 1. The summed E-state index contributed by atoms with van der Waals surface area (Å²) in [6.07, 6.45) is 1.20. The van der Waals surface area contributed by atoms with Crippen molar-refractivity contribution in [1.29, 1.82) is 0 Å². The molecule has 0 radical (unpaired) electrons. The van der Waals surface area contributed by atoms with Crippen molar-refractivity contribution in [2.24, 2.45) is 0 Å². The van der Waals surface area contributed by atoms with Crippen LogP contribution in [0.15, 0.2) is 30.3 Å². The highest BCUT2D eigenvalue weighted by Crippen LogP contribution is 2.34. The van der Waals surface area contributed by atoms with E-state index >= 15 is 0 Å². The van der Waals surface area contributed by atoms with E-state index in [0.717, 1.165) is 16.1 Å². The Kier molecular flexibility index (Phi) is 5.22. The van der Waals surface area contributed by atoms with Crippen molar-refractivity contribution in [3.63, 3.8) is 0 Å². The van der Waals surface area contributed by atoms with Crippen molar-refractivity contribution in [2.45, 2.75) is 20.3 Å². The fourth-order valence-electron chi connectivity index (χ4n) is 3.22. The number of hydrogen-bond donors (Lipinski definition) is 2. The first-order chi connectivity index (χ1) is 13.4. The third-order valence-corrected chi connectivity index (χ3v) is 6.11. The Hall–Kier alpha value is -2.79. The molecule has 29 heavy (non-hydrogen) atoms. The molecule has 156 valence electrons. The molecule has 0 atom stereocenters. The summed E-state index contributed by atoms with van der Waals surface area (Å²) in [4.78, 5) is 11.4. The molecule has 1 fully saturated rings. The minimum Gasteiger partial charge on any atom is -0.506 e. The van der Waals surface area contributed by atoms with Crippen molar-refractivity contribution < 1.29 is 30.9 Å². The lowest BCUT2D eigenvalue weighted by Crippen LogP contribution is -2.29. The number of carbonyl (C=O) groups is 1. The third kappa shape index (κ3) is 4.62. The zero-order valence-corrected chi connectivity index (χ0v) is 17.6. The highest BCUT2D eigenvalue weighted by atomic mass is 32.2. The maximum atomic E-state index is 12.0. The average molecular weight is 440 g/mol. The largest absolute Gasteiger partial charge is 0.506 e. The van der Waals surface area contributed by atoms with Crippen molar-refractivity contribution >= 4 is 31.9 Å². The van der Waals surface area contributed by atoms with E-state index in [-0.39, 0.29) is 23.6 Å². The highest BCUT2D eigenvalue weighted by Gasteiger charge is 2.35. The van der Waals surface area contributed by atoms with E-state index in [1.165, 1.54) is 12.1 Å². The molecule has 0 saturated carbocycles. The van der Waals surface area contributed by atoms with Gasteiger partial charge in [-0.15, -0.1) is 0 Å². The molecule has 1 aliphatic heterocycles. The number of rotatable bonds is 5. The second-order valence-electron chi connectivity index (χ2n) is 6.89. The van der Waals surface area contributed by atoms with Crippen LogP contribution in [0.2, 0.25) is 0 Å². The van der Waals surface area contributed by atoms with E-state index < -0.39 is 32.8 Å². The van der Waals surface area contributed by atoms with Crippen LogP contribution in [0.5, 0.6) is 11.5 Å². The second-order valence-corrected chi connectivity index (χ2v) is 10.1. The molecule has 0 bridgehead atoms. The zero-order chi connectivity index (χ0) is 21.6. The smallest absolute Gasteiger partial charge is 0.326 e. The second kappa shape index (κ2) is 7.23. The van der Waals surface area contributed by atoms with Gasteiger partial charge in [-0.3, -0.25) is 4.79 Å². The molecule has 0 unspecified atom stereocenters. The van der Waals surface area contributed by atoms with Crippen LogP contribution in [0.4, 0.5) is 5.69 Å². The molecule has 3 rings (SSSR count). The Morgan fingerprint density at radius 1 is 1.21 bits per heavy atom. The molecule has 2 aromatic carbocycles. The van der Waals surface area contributed by atoms with Crippen LogP contribution in [0.3, 0.4) is 0 Å². The molecule has 1 heterocycles. The molecule has 11 heteroatoms. The summed E-state index contributed by atoms with van der Waals surface area (Å²) in [6, 6.07) is 7.94. The number of phenols is 1. The first-order valence-electron chi connectivity index (χ1n) is 8.50. The molecular formula is C18H20N2O7S2. The fraction of sp³-hybridized carbons (Fsp3) is 0.278. The summed E-state index contributed by atoms with van der Waals surface area (Å²) in [6.45, 7) is 3.18. The highest BCUT2D eigenvalue weighted by molar-refractivity contribution is 7.92. The van der Waals surface area contributed by atoms with Gasteiger partial charge in [0.1, 0.15) is 18.0 Å². The van der Waals surface area contributed by atoms with Gasteiger partial charge in [-0.05, 0) is 37.1 Å². The molecule has 2 aromatic rings. The van der Waals surface area contributed by atoms with Crippen LogP contribution in [-0.4, -0.2) is 40.6 Å². The third-order valence-electron chi connectivity index (χ3n) is 4.25. The van der Waals surface area contributed by atoms with E-state index in [1.807, 2.05) is 11.6 Å². The molecule has 0 aromatic heterocycles. The number of aromatic hydroxyl groups is 1. The van der Waals surface area contributed by atoms with Crippen molar-refractivity contribution in [3.05, 3.63) is 52.6 Å². The van der Waals surface area contributed by atoms with Crippen LogP contribution >= 0.6 is 0 Å². The Balaban J connectivity index is 1.96. The molecule has 9 nitrogen and oxygen atoms in total. The first kappa shape index (κ1) is 20.9. The average Bonchev–Trinajstić information content (AvgIpc) is 2.82. The lowest BCUT2D eigenvalue weighted by atomic mass is 9.99. The number of aryl methyl sites for hydroxylation is 2. The van der Waals surface area contributed by atoms with Gasteiger partial charge in [0, 0.05) is 12.0 Å². The Morgan fingerprint density at radius 2 is 1.90 bits per heavy atom. The predicted molar refractivity (Wildman–Crippen MR) is 107 cm³/mol. The fourth-order valence-corrected chi connectivity index (χ4v) is 4.92. The molecule has 1 aliphatic rings. The number of nitrogens with one attached hydrogen (secondary N) is 1. The molecule has 2 N–H and O–H groups in total. The van der Waals surface area contributed by atoms with E-state index in [9.17, 15) is 26.7 Å². The lowest BCUT2D eigenvalue weighted by molar-refractivity contribution is -0.117. The Morgan fingerprint density at radius 3 is 2.45 bits per heavy atom. The maximum Gasteiger partial charge on any atom is 0.326 e. The summed E-state index contributed by atoms with van der Waals surface area (Å²) < 4.78 is 54.9. The van der Waals surface area contributed by atoms with Gasteiger partial charge in [0.2, 0.25) is 0 Å². The van der Waals surface area contributed by atoms with E-state index in [4.69, 9.17) is 4.18 Å². The van der Waals surface area contributed by atoms with Gasteiger partial charge in [0.05, 0.1) is 11.9 Å². The normalized spacial score (nSPS) is 16.0. The molecule has 1 saturated heterocycles. The zero-order valence-electron chi connectivity index (χ0n) is 16.0. The number of amides is 1. The van der Waals surface area contributed by atoms with Gasteiger partial charge in [-0.25, -0.2) is 9.03 Å². The summed E-state index contributed by atoms with van der Waals surface area (Å²) in [7, 11) is -7.77. The number of nitrogens with zero attached hydrogens (tertiary/aromatic N) is 1. The number of anilines is 1. The molecule has 1 amide bonds. The SMILES string of the molecule is Cc1cc(C)c(OS(C)(=O)=O)c(Cc2ccc(N3CC(=O)NS3(=O)=O)c(O)c2)c1. The lowest BCUT2D eigenvalue weighted by Gasteiger charge is -2.17. The van der Waals surface area contributed by atoms with E-state index in [0.29, 0.717) is 16.7 Å². The van der Waals surface area contributed by atoms with Gasteiger partial charge < -0.3 is 9.29 Å². The van der Waals surface area contributed by atoms with Crippen molar-refractivity contribution in [3.8, 4) is 11.5 Å². The molecule has 0 spiro atoms. The Labute approximate surface area is 169 Å². The van der Waals surface area contributed by atoms with Crippen LogP contribution in [0, 0.1) is 13.8 Å². The summed E-state index contributed by atoms with van der Waals surface area (Å²) in [5, 5.41) is 10.3. The summed E-state index contributed by atoms with van der Waals surface area (Å²) in [5.41, 5.74) is 2.74. The van der Waals surface area contributed by atoms with E-state index in [2.05, 4.69) is 0 Å². The van der Waals surface area contributed by atoms with Crippen LogP contribution in [0.25, 0.3) is 0 Å². The predicted octanol–water partition coefficient (Wildman–Crippen LogP) is 1.12. The van der Waals surface area contributed by atoms with Crippen LogP contribution < -0.4 is 13.2 Å². The van der Waals surface area contributed by atoms with Crippen molar-refractivity contribution in [1.82, 2.24) is 4.72 Å². The monoisotopic (exact) mass is 440 g/mol. The van der Waals surface area contributed by atoms with Gasteiger partial charge in [-0.1, -0.05) is 23.8 Å². The minimum atomic E-state index is -4.03. The van der Waals surface area contributed by atoms with Gasteiger partial charge in [-0.2, -0.15) is 16.8 Å². The summed E-state index contributed by atoms with van der Waals surface area (Å²) in [5.74, 6) is -0.789.